The fourth-order valence-electron chi connectivity index (χ4n) is 3.93. The minimum Gasteiger partial charge on any atom is -0.481 e. The van der Waals surface area contributed by atoms with Crippen LogP contribution in [0.15, 0.2) is 30.5 Å². The molecule has 1 amide bonds. The standard InChI is InChI=1S/C19H23N3O3S/c1-12-18(13-7-9-22(12)10-8-13)21-19(23)15-4-6-17(26-15)25-14-3-5-16(24-2)20-11-14/h3-6,11-13,18H,7-10H2,1-2H3,(H,21,23)/t12-,18-/m0/s1. The Balaban J connectivity index is 1.40. The van der Waals surface area contributed by atoms with E-state index in [1.54, 1.807) is 25.4 Å². The fourth-order valence-corrected chi connectivity index (χ4v) is 4.71. The predicted molar refractivity (Wildman–Crippen MR) is 100 cm³/mol. The maximum atomic E-state index is 12.7. The summed E-state index contributed by atoms with van der Waals surface area (Å²) in [5.41, 5.74) is 0. The number of pyridine rings is 1. The molecular formula is C19H23N3O3S. The monoisotopic (exact) mass is 373 g/mol. The van der Waals surface area contributed by atoms with Crippen LogP contribution in [-0.4, -0.2) is 48.1 Å². The van der Waals surface area contributed by atoms with Crippen LogP contribution >= 0.6 is 11.3 Å². The molecule has 3 aliphatic heterocycles. The lowest BCUT2D eigenvalue weighted by Gasteiger charge is -2.49. The summed E-state index contributed by atoms with van der Waals surface area (Å²) in [6, 6.07) is 7.82. The zero-order chi connectivity index (χ0) is 18.1. The van der Waals surface area contributed by atoms with Gasteiger partial charge in [0, 0.05) is 18.2 Å². The van der Waals surface area contributed by atoms with Crippen LogP contribution in [0, 0.1) is 5.92 Å². The van der Waals surface area contributed by atoms with Gasteiger partial charge in [0.2, 0.25) is 5.88 Å². The molecule has 0 spiro atoms. The van der Waals surface area contributed by atoms with E-state index in [0.29, 0.717) is 33.5 Å². The van der Waals surface area contributed by atoms with Crippen molar-refractivity contribution in [3.63, 3.8) is 0 Å². The molecule has 6 nitrogen and oxygen atoms in total. The van der Waals surface area contributed by atoms with Gasteiger partial charge in [0.1, 0.15) is 5.75 Å². The van der Waals surface area contributed by atoms with Gasteiger partial charge in [-0.3, -0.25) is 9.69 Å². The van der Waals surface area contributed by atoms with Gasteiger partial charge in [-0.05, 0) is 57.0 Å². The number of fused-ring (bicyclic) bond motifs is 3. The van der Waals surface area contributed by atoms with Crippen LogP contribution in [0.2, 0.25) is 0 Å². The number of rotatable bonds is 5. The summed E-state index contributed by atoms with van der Waals surface area (Å²) in [4.78, 5) is 19.9. The van der Waals surface area contributed by atoms with E-state index in [1.165, 1.54) is 24.2 Å². The van der Waals surface area contributed by atoms with Crippen molar-refractivity contribution in [1.82, 2.24) is 15.2 Å². The number of amides is 1. The predicted octanol–water partition coefficient (Wildman–Crippen LogP) is 3.16. The third-order valence-electron chi connectivity index (χ3n) is 5.42. The van der Waals surface area contributed by atoms with Gasteiger partial charge < -0.3 is 14.8 Å². The summed E-state index contributed by atoms with van der Waals surface area (Å²) in [6.07, 6.45) is 3.96. The number of carbonyl (C=O) groups is 1. The average Bonchev–Trinajstić information content (AvgIpc) is 3.14. The highest BCUT2D eigenvalue weighted by Gasteiger charge is 2.40. The third-order valence-corrected chi connectivity index (χ3v) is 6.38. The lowest BCUT2D eigenvalue weighted by Crippen LogP contribution is -2.62. The maximum absolute atomic E-state index is 12.7. The molecule has 2 aromatic rings. The smallest absolute Gasteiger partial charge is 0.261 e. The third kappa shape index (κ3) is 3.41. The zero-order valence-corrected chi connectivity index (χ0v) is 15.8. The second kappa shape index (κ2) is 7.25. The number of ether oxygens (including phenoxy) is 2. The molecule has 3 fully saturated rings. The molecule has 26 heavy (non-hydrogen) atoms. The Morgan fingerprint density at radius 2 is 2.08 bits per heavy atom. The van der Waals surface area contributed by atoms with Crippen molar-refractivity contribution in [2.75, 3.05) is 20.2 Å². The number of thiophene rings is 1. The molecule has 3 aliphatic rings. The number of piperidine rings is 3. The quantitative estimate of drug-likeness (QED) is 0.872. The summed E-state index contributed by atoms with van der Waals surface area (Å²) < 4.78 is 10.8. The summed E-state index contributed by atoms with van der Waals surface area (Å²) in [5, 5.41) is 3.92. The van der Waals surface area contributed by atoms with Crippen LogP contribution < -0.4 is 14.8 Å². The van der Waals surface area contributed by atoms with Gasteiger partial charge in [-0.15, -0.1) is 0 Å². The van der Waals surface area contributed by atoms with E-state index in [-0.39, 0.29) is 11.9 Å². The van der Waals surface area contributed by atoms with Crippen LogP contribution in [-0.2, 0) is 0 Å². The van der Waals surface area contributed by atoms with E-state index in [2.05, 4.69) is 22.1 Å². The Morgan fingerprint density at radius 3 is 2.73 bits per heavy atom. The van der Waals surface area contributed by atoms with Crippen molar-refractivity contribution in [1.29, 1.82) is 0 Å². The highest BCUT2D eigenvalue weighted by Crippen LogP contribution is 2.33. The van der Waals surface area contributed by atoms with Crippen molar-refractivity contribution in [3.8, 4) is 16.7 Å². The molecule has 0 aliphatic carbocycles. The molecule has 5 heterocycles. The molecule has 0 unspecified atom stereocenters. The van der Waals surface area contributed by atoms with Crippen LogP contribution in [0.5, 0.6) is 16.7 Å². The molecular weight excluding hydrogens is 350 g/mol. The van der Waals surface area contributed by atoms with Crippen LogP contribution in [0.1, 0.15) is 29.4 Å². The molecule has 1 N–H and O–H groups in total. The number of nitrogens with one attached hydrogen (secondary N) is 1. The summed E-state index contributed by atoms with van der Waals surface area (Å²) in [5.74, 6) is 1.74. The van der Waals surface area contributed by atoms with E-state index in [9.17, 15) is 4.79 Å². The van der Waals surface area contributed by atoms with Crippen molar-refractivity contribution in [3.05, 3.63) is 35.3 Å². The highest BCUT2D eigenvalue weighted by molar-refractivity contribution is 7.15. The number of carbonyl (C=O) groups excluding carboxylic acids is 1. The first-order valence-corrected chi connectivity index (χ1v) is 9.78. The van der Waals surface area contributed by atoms with Gasteiger partial charge >= 0.3 is 0 Å². The minimum absolute atomic E-state index is 0.0108. The summed E-state index contributed by atoms with van der Waals surface area (Å²) in [7, 11) is 1.57. The number of aromatic nitrogens is 1. The molecule has 2 bridgehead atoms. The number of hydrogen-bond donors (Lipinski definition) is 1. The molecule has 2 atom stereocenters. The first-order chi connectivity index (χ1) is 12.6. The fraction of sp³-hybridized carbons (Fsp3) is 0.474. The second-order valence-electron chi connectivity index (χ2n) is 6.87. The van der Waals surface area contributed by atoms with Gasteiger partial charge in [-0.2, -0.15) is 0 Å². The molecule has 5 rings (SSSR count). The van der Waals surface area contributed by atoms with E-state index in [1.807, 2.05) is 12.1 Å². The highest BCUT2D eigenvalue weighted by atomic mass is 32.1. The molecule has 138 valence electrons. The van der Waals surface area contributed by atoms with Crippen molar-refractivity contribution < 1.29 is 14.3 Å². The lowest BCUT2D eigenvalue weighted by atomic mass is 9.79. The van der Waals surface area contributed by atoms with Gasteiger partial charge in [0.05, 0.1) is 18.2 Å². The zero-order valence-electron chi connectivity index (χ0n) is 15.0. The molecule has 3 saturated heterocycles. The van der Waals surface area contributed by atoms with E-state index < -0.39 is 0 Å². The molecule has 0 radical (unpaired) electrons. The van der Waals surface area contributed by atoms with Crippen LogP contribution in [0.4, 0.5) is 0 Å². The summed E-state index contributed by atoms with van der Waals surface area (Å²) in [6.45, 7) is 4.53. The van der Waals surface area contributed by atoms with Crippen molar-refractivity contribution in [2.24, 2.45) is 5.92 Å². The lowest BCUT2D eigenvalue weighted by molar-refractivity contribution is 0.0218. The van der Waals surface area contributed by atoms with Crippen molar-refractivity contribution in [2.45, 2.75) is 31.8 Å². The first kappa shape index (κ1) is 17.3. The Morgan fingerprint density at radius 1 is 1.27 bits per heavy atom. The van der Waals surface area contributed by atoms with E-state index in [0.717, 1.165) is 13.1 Å². The van der Waals surface area contributed by atoms with Crippen LogP contribution in [0.25, 0.3) is 0 Å². The second-order valence-corrected chi connectivity index (χ2v) is 7.92. The van der Waals surface area contributed by atoms with Crippen molar-refractivity contribution >= 4 is 17.2 Å². The molecule has 7 heteroatoms. The Kier molecular flexibility index (Phi) is 4.82. The van der Waals surface area contributed by atoms with Gasteiger partial charge in [-0.1, -0.05) is 11.3 Å². The Labute approximate surface area is 157 Å². The number of hydrogen-bond acceptors (Lipinski definition) is 6. The Hall–Kier alpha value is -2.12. The molecule has 2 aromatic heterocycles. The number of methoxy groups -OCH3 is 1. The van der Waals surface area contributed by atoms with Gasteiger partial charge in [0.15, 0.2) is 5.06 Å². The van der Waals surface area contributed by atoms with E-state index in [4.69, 9.17) is 9.47 Å². The van der Waals surface area contributed by atoms with E-state index >= 15 is 0 Å². The van der Waals surface area contributed by atoms with Crippen LogP contribution in [0.3, 0.4) is 0 Å². The topological polar surface area (TPSA) is 63.7 Å². The van der Waals surface area contributed by atoms with Gasteiger partial charge in [0.25, 0.3) is 5.91 Å². The molecule has 0 saturated carbocycles. The average molecular weight is 373 g/mol. The normalized spacial score (nSPS) is 27.2. The largest absolute Gasteiger partial charge is 0.481 e. The Bertz CT molecular complexity index is 767. The summed E-state index contributed by atoms with van der Waals surface area (Å²) >= 11 is 1.35. The van der Waals surface area contributed by atoms with Gasteiger partial charge in [-0.25, -0.2) is 4.98 Å². The first-order valence-electron chi connectivity index (χ1n) is 8.96. The molecule has 0 aromatic carbocycles. The maximum Gasteiger partial charge on any atom is 0.261 e. The SMILES string of the molecule is COc1ccc(Oc2ccc(C(=O)N[C@@H]3C4CCN(CC4)[C@H]3C)s2)cn1. The minimum atomic E-state index is -0.0108. The number of nitrogens with zero attached hydrogens (tertiary/aromatic N) is 2.